The maximum Gasteiger partial charge on any atom is 0.309 e. The molecule has 1 aromatic carbocycles. The lowest BCUT2D eigenvalue weighted by Crippen LogP contribution is -2.31. The van der Waals surface area contributed by atoms with Gasteiger partial charge in [0.1, 0.15) is 17.5 Å². The van der Waals surface area contributed by atoms with E-state index in [0.717, 1.165) is 11.3 Å². The molecule has 152 valence electrons. The number of benzene rings is 1. The van der Waals surface area contributed by atoms with E-state index < -0.39 is 17.5 Å². The SMILES string of the molecule is COc1ccc([C@H](C(C)C)[C@H](C)OC(=O)[C@H](C)CC(=O)OC(C)(C)C)cc1. The normalized spacial score (nSPS) is 15.0. The van der Waals surface area contributed by atoms with E-state index in [1.165, 1.54) is 0 Å². The van der Waals surface area contributed by atoms with Crippen LogP contribution in [0.3, 0.4) is 0 Å². The second-order valence-electron chi connectivity index (χ2n) is 8.38. The molecular weight excluding hydrogens is 344 g/mol. The van der Waals surface area contributed by atoms with Crippen molar-refractivity contribution in [1.29, 1.82) is 0 Å². The fourth-order valence-corrected chi connectivity index (χ4v) is 3.11. The van der Waals surface area contributed by atoms with E-state index >= 15 is 0 Å². The van der Waals surface area contributed by atoms with E-state index in [9.17, 15) is 9.59 Å². The Morgan fingerprint density at radius 3 is 2.00 bits per heavy atom. The molecule has 3 atom stereocenters. The molecule has 0 aliphatic carbocycles. The quantitative estimate of drug-likeness (QED) is 0.612. The van der Waals surface area contributed by atoms with Gasteiger partial charge >= 0.3 is 11.9 Å². The van der Waals surface area contributed by atoms with Crippen LogP contribution < -0.4 is 4.74 Å². The van der Waals surface area contributed by atoms with Gasteiger partial charge in [0.2, 0.25) is 0 Å². The van der Waals surface area contributed by atoms with Gasteiger partial charge in [-0.15, -0.1) is 0 Å². The summed E-state index contributed by atoms with van der Waals surface area (Å²) in [4.78, 5) is 24.4. The molecule has 5 heteroatoms. The summed E-state index contributed by atoms with van der Waals surface area (Å²) in [5.41, 5.74) is 0.524. The number of rotatable bonds is 8. The number of hydrogen-bond donors (Lipinski definition) is 0. The van der Waals surface area contributed by atoms with E-state index in [4.69, 9.17) is 14.2 Å². The van der Waals surface area contributed by atoms with Crippen molar-refractivity contribution in [1.82, 2.24) is 0 Å². The smallest absolute Gasteiger partial charge is 0.309 e. The molecule has 0 N–H and O–H groups in total. The molecule has 0 unspecified atom stereocenters. The van der Waals surface area contributed by atoms with E-state index in [2.05, 4.69) is 13.8 Å². The minimum absolute atomic E-state index is 0.0116. The molecule has 0 aromatic heterocycles. The van der Waals surface area contributed by atoms with Crippen molar-refractivity contribution in [2.75, 3.05) is 7.11 Å². The van der Waals surface area contributed by atoms with Crippen LogP contribution in [0.1, 0.15) is 66.4 Å². The van der Waals surface area contributed by atoms with Gasteiger partial charge in [-0.2, -0.15) is 0 Å². The summed E-state index contributed by atoms with van der Waals surface area (Å²) in [7, 11) is 1.63. The van der Waals surface area contributed by atoms with Crippen LogP contribution in [-0.2, 0) is 19.1 Å². The third kappa shape index (κ3) is 7.61. The predicted molar refractivity (Wildman–Crippen MR) is 106 cm³/mol. The second kappa shape index (κ2) is 9.77. The van der Waals surface area contributed by atoms with Gasteiger partial charge in [0.25, 0.3) is 0 Å². The first-order chi connectivity index (χ1) is 12.4. The van der Waals surface area contributed by atoms with Crippen molar-refractivity contribution < 1.29 is 23.8 Å². The minimum Gasteiger partial charge on any atom is -0.497 e. The van der Waals surface area contributed by atoms with Gasteiger partial charge in [-0.3, -0.25) is 9.59 Å². The van der Waals surface area contributed by atoms with Gasteiger partial charge in [0.15, 0.2) is 0 Å². The number of ether oxygens (including phenoxy) is 3. The highest BCUT2D eigenvalue weighted by molar-refractivity contribution is 5.80. The van der Waals surface area contributed by atoms with E-state index in [-0.39, 0.29) is 30.3 Å². The van der Waals surface area contributed by atoms with Gasteiger partial charge in [-0.05, 0) is 51.3 Å². The maximum absolute atomic E-state index is 12.5. The highest BCUT2D eigenvalue weighted by Crippen LogP contribution is 2.31. The fraction of sp³-hybridized carbons (Fsp3) is 0.636. The number of carbonyl (C=O) groups excluding carboxylic acids is 2. The topological polar surface area (TPSA) is 61.8 Å². The number of esters is 2. The van der Waals surface area contributed by atoms with Crippen LogP contribution >= 0.6 is 0 Å². The Hall–Kier alpha value is -2.04. The summed E-state index contributed by atoms with van der Waals surface area (Å²) in [6.45, 7) is 13.2. The molecule has 0 fully saturated rings. The maximum atomic E-state index is 12.5. The van der Waals surface area contributed by atoms with Gasteiger partial charge in [0.05, 0.1) is 19.4 Å². The highest BCUT2D eigenvalue weighted by atomic mass is 16.6. The van der Waals surface area contributed by atoms with Crippen molar-refractivity contribution in [3.05, 3.63) is 29.8 Å². The lowest BCUT2D eigenvalue weighted by molar-refractivity contribution is -0.163. The standard InChI is InChI=1S/C22H34O5/c1-14(2)20(17-9-11-18(25-8)12-10-17)16(4)26-21(24)15(3)13-19(23)27-22(5,6)7/h9-12,14-16,20H,13H2,1-8H3/t15-,16+,20-/m1/s1. The predicted octanol–water partition coefficient (Wildman–Crippen LogP) is 4.73. The Morgan fingerprint density at radius 1 is 1.00 bits per heavy atom. The molecule has 1 aromatic rings. The Kier molecular flexibility index (Phi) is 8.32. The molecule has 0 amide bonds. The molecule has 27 heavy (non-hydrogen) atoms. The van der Waals surface area contributed by atoms with Crippen molar-refractivity contribution >= 4 is 11.9 Å². The molecule has 0 saturated heterocycles. The third-order valence-electron chi connectivity index (χ3n) is 4.32. The first kappa shape index (κ1) is 23.0. The third-order valence-corrected chi connectivity index (χ3v) is 4.32. The van der Waals surface area contributed by atoms with E-state index in [1.54, 1.807) is 34.8 Å². The van der Waals surface area contributed by atoms with Gasteiger partial charge < -0.3 is 14.2 Å². The van der Waals surface area contributed by atoms with Crippen LogP contribution in [0.2, 0.25) is 0 Å². The van der Waals surface area contributed by atoms with Crippen molar-refractivity contribution in [3.8, 4) is 5.75 Å². The number of hydrogen-bond acceptors (Lipinski definition) is 5. The molecular formula is C22H34O5. The summed E-state index contributed by atoms with van der Waals surface area (Å²) in [6.07, 6.45) is -0.301. The Balaban J connectivity index is 2.75. The molecule has 0 aliphatic rings. The summed E-state index contributed by atoms with van der Waals surface area (Å²) < 4.78 is 16.2. The van der Waals surface area contributed by atoms with E-state index in [1.807, 2.05) is 31.2 Å². The fourth-order valence-electron chi connectivity index (χ4n) is 3.11. The van der Waals surface area contributed by atoms with Gasteiger partial charge in [-0.1, -0.05) is 32.9 Å². The molecule has 0 saturated carbocycles. The summed E-state index contributed by atoms with van der Waals surface area (Å²) >= 11 is 0. The van der Waals surface area contributed by atoms with Gasteiger partial charge in [-0.25, -0.2) is 0 Å². The molecule has 0 aliphatic heterocycles. The first-order valence-electron chi connectivity index (χ1n) is 9.51. The van der Waals surface area contributed by atoms with Gasteiger partial charge in [0, 0.05) is 5.92 Å². The average Bonchev–Trinajstić information content (AvgIpc) is 2.53. The Bertz CT molecular complexity index is 613. The summed E-state index contributed by atoms with van der Waals surface area (Å²) in [6, 6.07) is 7.81. The monoisotopic (exact) mass is 378 g/mol. The van der Waals surface area contributed by atoms with Crippen molar-refractivity contribution in [2.45, 2.75) is 72.5 Å². The summed E-state index contributed by atoms with van der Waals surface area (Å²) in [5, 5.41) is 0. The summed E-state index contributed by atoms with van der Waals surface area (Å²) in [5.74, 6) is -0.207. The average molecular weight is 379 g/mol. The highest BCUT2D eigenvalue weighted by Gasteiger charge is 2.29. The Labute approximate surface area is 163 Å². The van der Waals surface area contributed by atoms with Crippen LogP contribution in [0.15, 0.2) is 24.3 Å². The van der Waals surface area contributed by atoms with Crippen LogP contribution in [-0.4, -0.2) is 30.8 Å². The number of methoxy groups -OCH3 is 1. The lowest BCUT2D eigenvalue weighted by Gasteiger charge is -2.29. The molecule has 0 bridgehead atoms. The molecule has 1 rings (SSSR count). The lowest BCUT2D eigenvalue weighted by atomic mass is 9.84. The second-order valence-corrected chi connectivity index (χ2v) is 8.38. The zero-order valence-corrected chi connectivity index (χ0v) is 17.9. The number of carbonyl (C=O) groups is 2. The zero-order valence-electron chi connectivity index (χ0n) is 17.9. The Morgan fingerprint density at radius 2 is 1.56 bits per heavy atom. The molecule has 0 radical (unpaired) electrons. The van der Waals surface area contributed by atoms with Crippen LogP contribution in [0.4, 0.5) is 0 Å². The molecule has 0 heterocycles. The van der Waals surface area contributed by atoms with Crippen LogP contribution in [0.25, 0.3) is 0 Å². The molecule has 0 spiro atoms. The zero-order chi connectivity index (χ0) is 20.8. The van der Waals surface area contributed by atoms with Crippen LogP contribution in [0.5, 0.6) is 5.75 Å². The largest absolute Gasteiger partial charge is 0.497 e. The van der Waals surface area contributed by atoms with E-state index in [0.29, 0.717) is 0 Å². The van der Waals surface area contributed by atoms with Crippen molar-refractivity contribution in [3.63, 3.8) is 0 Å². The molecule has 5 nitrogen and oxygen atoms in total. The minimum atomic E-state index is -0.564. The van der Waals surface area contributed by atoms with Crippen molar-refractivity contribution in [2.24, 2.45) is 11.8 Å². The first-order valence-corrected chi connectivity index (χ1v) is 9.51. The van der Waals surface area contributed by atoms with Crippen LogP contribution in [0, 0.1) is 11.8 Å².